The Balaban J connectivity index is 2.24. The molecule has 1 N–H and O–H groups in total. The number of rotatable bonds is 3. The van der Waals surface area contributed by atoms with Gasteiger partial charge in [0.15, 0.2) is 0 Å². The quantitative estimate of drug-likeness (QED) is 0.836. The summed E-state index contributed by atoms with van der Waals surface area (Å²) in [6.07, 6.45) is 3.45. The van der Waals surface area contributed by atoms with Gasteiger partial charge in [0.05, 0.1) is 0 Å². The molecule has 1 unspecified atom stereocenters. The first-order chi connectivity index (χ1) is 7.22. The lowest BCUT2D eigenvalue weighted by molar-refractivity contribution is 0.680. The van der Waals surface area contributed by atoms with Gasteiger partial charge in [0.1, 0.15) is 0 Å². The maximum absolute atomic E-state index is 7.16. The molecule has 1 aliphatic rings. The molecule has 0 spiro atoms. The third-order valence-corrected chi connectivity index (χ3v) is 3.46. The van der Waals surface area contributed by atoms with E-state index < -0.39 is 0 Å². The lowest BCUT2D eigenvalue weighted by atomic mass is 10.1. The Kier molecular flexibility index (Phi) is 3.10. The molecule has 15 heavy (non-hydrogen) atoms. The largest absolute Gasteiger partial charge is 0.368 e. The second-order valence-corrected chi connectivity index (χ2v) is 4.92. The Bertz CT molecular complexity index is 376. The lowest BCUT2D eigenvalue weighted by Gasteiger charge is -2.26. The van der Waals surface area contributed by atoms with Crippen LogP contribution in [-0.4, -0.2) is 18.8 Å². The van der Waals surface area contributed by atoms with Gasteiger partial charge in [-0.3, -0.25) is 0 Å². The first kappa shape index (κ1) is 10.7. The number of nitrogens with zero attached hydrogens (tertiary/aromatic N) is 1. The van der Waals surface area contributed by atoms with E-state index in [1.807, 2.05) is 0 Å². The van der Waals surface area contributed by atoms with Gasteiger partial charge in [-0.05, 0) is 43.3 Å². The fraction of sp³-hybridized carbons (Fsp3) is 0.417. The molecule has 0 aliphatic carbocycles. The first-order valence-electron chi connectivity index (χ1n) is 5.26. The number of fused-ring (bicyclic) bond motifs is 1. The Hall–Kier alpha value is -0.830. The predicted molar refractivity (Wildman–Crippen MR) is 68.1 cm³/mol. The summed E-state index contributed by atoms with van der Waals surface area (Å²) in [5.41, 5.74) is 2.76. The van der Waals surface area contributed by atoms with E-state index in [4.69, 9.17) is 5.41 Å². The fourth-order valence-electron chi connectivity index (χ4n) is 2.15. The molecule has 1 aliphatic heterocycles. The highest BCUT2D eigenvalue weighted by atomic mass is 79.9. The monoisotopic (exact) mass is 266 g/mol. The van der Waals surface area contributed by atoms with Gasteiger partial charge in [0, 0.05) is 29.2 Å². The summed E-state index contributed by atoms with van der Waals surface area (Å²) in [5, 5.41) is 7.16. The number of nitrogens with one attached hydrogen (secondary N) is 1. The van der Waals surface area contributed by atoms with Crippen molar-refractivity contribution in [1.29, 1.82) is 5.41 Å². The van der Waals surface area contributed by atoms with Crippen LogP contribution in [0.2, 0.25) is 0 Å². The van der Waals surface area contributed by atoms with Crippen LogP contribution in [0.25, 0.3) is 0 Å². The minimum atomic E-state index is 0.435. The average Bonchev–Trinajstić information content (AvgIpc) is 2.60. The molecule has 0 saturated carbocycles. The predicted octanol–water partition coefficient (Wildman–Crippen LogP) is 3.24. The van der Waals surface area contributed by atoms with E-state index in [1.54, 1.807) is 0 Å². The van der Waals surface area contributed by atoms with Crippen LogP contribution in [-0.2, 0) is 6.42 Å². The molecule has 2 rings (SSSR count). The van der Waals surface area contributed by atoms with Gasteiger partial charge >= 0.3 is 0 Å². The normalized spacial score (nSPS) is 16.3. The van der Waals surface area contributed by atoms with Crippen molar-refractivity contribution in [3.8, 4) is 0 Å². The van der Waals surface area contributed by atoms with E-state index in [2.05, 4.69) is 46.0 Å². The molecule has 0 aromatic heterocycles. The van der Waals surface area contributed by atoms with Crippen molar-refractivity contribution in [2.24, 2.45) is 0 Å². The van der Waals surface area contributed by atoms with Gasteiger partial charge in [0.25, 0.3) is 0 Å². The number of hydrogen-bond acceptors (Lipinski definition) is 2. The summed E-state index contributed by atoms with van der Waals surface area (Å²) in [6, 6.07) is 6.90. The third-order valence-electron chi connectivity index (χ3n) is 2.96. The highest BCUT2D eigenvalue weighted by Crippen LogP contribution is 2.32. The van der Waals surface area contributed by atoms with Crippen molar-refractivity contribution in [1.82, 2.24) is 0 Å². The number of anilines is 1. The van der Waals surface area contributed by atoms with Crippen LogP contribution in [0.5, 0.6) is 0 Å². The second kappa shape index (κ2) is 4.35. The molecule has 80 valence electrons. The van der Waals surface area contributed by atoms with Gasteiger partial charge in [-0.1, -0.05) is 15.9 Å². The molecule has 0 amide bonds. The number of hydrogen-bond donors (Lipinski definition) is 1. The van der Waals surface area contributed by atoms with Gasteiger partial charge in [0.2, 0.25) is 0 Å². The van der Waals surface area contributed by atoms with E-state index in [-0.39, 0.29) is 0 Å². The highest BCUT2D eigenvalue weighted by molar-refractivity contribution is 9.10. The summed E-state index contributed by atoms with van der Waals surface area (Å²) in [7, 11) is 0. The summed E-state index contributed by atoms with van der Waals surface area (Å²) in [4.78, 5) is 2.40. The molecule has 1 aromatic rings. The Morgan fingerprint density at radius 1 is 1.60 bits per heavy atom. The summed E-state index contributed by atoms with van der Waals surface area (Å²) >= 11 is 3.50. The molecule has 0 bridgehead atoms. The molecule has 3 heteroatoms. The molecule has 0 radical (unpaired) electrons. The zero-order valence-corrected chi connectivity index (χ0v) is 10.4. The minimum Gasteiger partial charge on any atom is -0.368 e. The average molecular weight is 267 g/mol. The first-order valence-corrected chi connectivity index (χ1v) is 6.05. The van der Waals surface area contributed by atoms with Crippen molar-refractivity contribution in [2.75, 3.05) is 11.4 Å². The molecule has 1 heterocycles. The van der Waals surface area contributed by atoms with Gasteiger partial charge < -0.3 is 10.3 Å². The van der Waals surface area contributed by atoms with Crippen molar-refractivity contribution in [3.63, 3.8) is 0 Å². The van der Waals surface area contributed by atoms with E-state index in [0.717, 1.165) is 23.9 Å². The van der Waals surface area contributed by atoms with Crippen LogP contribution < -0.4 is 4.90 Å². The summed E-state index contributed by atoms with van der Waals surface area (Å²) in [5.74, 6) is 0. The van der Waals surface area contributed by atoms with Crippen molar-refractivity contribution >= 4 is 27.8 Å². The van der Waals surface area contributed by atoms with E-state index in [1.165, 1.54) is 17.5 Å². The van der Waals surface area contributed by atoms with Crippen molar-refractivity contribution in [2.45, 2.75) is 25.8 Å². The molecule has 1 aromatic carbocycles. The molecule has 2 nitrogen and oxygen atoms in total. The topological polar surface area (TPSA) is 27.1 Å². The van der Waals surface area contributed by atoms with E-state index >= 15 is 0 Å². The minimum absolute atomic E-state index is 0.435. The van der Waals surface area contributed by atoms with E-state index in [9.17, 15) is 0 Å². The van der Waals surface area contributed by atoms with Crippen LogP contribution in [0.4, 0.5) is 5.69 Å². The maximum atomic E-state index is 7.16. The fourth-order valence-corrected chi connectivity index (χ4v) is 2.56. The van der Waals surface area contributed by atoms with Crippen LogP contribution >= 0.6 is 15.9 Å². The second-order valence-electron chi connectivity index (χ2n) is 4.01. The molecular weight excluding hydrogens is 252 g/mol. The van der Waals surface area contributed by atoms with Crippen LogP contribution in [0.3, 0.4) is 0 Å². The van der Waals surface area contributed by atoms with Gasteiger partial charge in [-0.2, -0.15) is 0 Å². The Morgan fingerprint density at radius 2 is 2.40 bits per heavy atom. The van der Waals surface area contributed by atoms with Crippen molar-refractivity contribution in [3.05, 3.63) is 28.2 Å². The van der Waals surface area contributed by atoms with Crippen LogP contribution in [0.15, 0.2) is 22.7 Å². The zero-order valence-electron chi connectivity index (χ0n) is 8.83. The van der Waals surface area contributed by atoms with Crippen molar-refractivity contribution < 1.29 is 0 Å². The lowest BCUT2D eigenvalue weighted by Crippen LogP contribution is -2.31. The summed E-state index contributed by atoms with van der Waals surface area (Å²) in [6.45, 7) is 3.27. The molecule has 0 saturated heterocycles. The smallest absolute Gasteiger partial charge is 0.0402 e. The summed E-state index contributed by atoms with van der Waals surface area (Å²) < 4.78 is 1.16. The SMILES string of the molecule is CC(CC=N)N1CCc2cc(Br)ccc21. The molecular formula is C12H15BrN2. The molecule has 1 atom stereocenters. The Morgan fingerprint density at radius 3 is 3.13 bits per heavy atom. The highest BCUT2D eigenvalue weighted by Gasteiger charge is 2.22. The molecule has 0 fully saturated rings. The maximum Gasteiger partial charge on any atom is 0.0402 e. The zero-order chi connectivity index (χ0) is 10.8. The third kappa shape index (κ3) is 2.07. The van der Waals surface area contributed by atoms with E-state index in [0.29, 0.717) is 6.04 Å². The standard InChI is InChI=1S/C12H15BrN2/c1-9(4-6-14)15-7-5-10-8-11(13)2-3-12(10)15/h2-3,6,8-9,14H,4-5,7H2,1H3. The van der Waals surface area contributed by atoms with Gasteiger partial charge in [-0.15, -0.1) is 0 Å². The van der Waals surface area contributed by atoms with Crippen LogP contribution in [0, 0.1) is 5.41 Å². The Labute approximate surface area is 98.9 Å². The number of halogens is 1. The number of benzene rings is 1. The van der Waals surface area contributed by atoms with Crippen LogP contribution in [0.1, 0.15) is 18.9 Å². The van der Waals surface area contributed by atoms with Gasteiger partial charge in [-0.25, -0.2) is 0 Å².